The second-order valence-electron chi connectivity index (χ2n) is 5.81. The number of nitriles is 1. The van der Waals surface area contributed by atoms with Gasteiger partial charge in [0.15, 0.2) is 0 Å². The fraction of sp³-hybridized carbons (Fsp3) is 0.278. The monoisotopic (exact) mass is 314 g/mol. The lowest BCUT2D eigenvalue weighted by Crippen LogP contribution is -2.24. The van der Waals surface area contributed by atoms with Gasteiger partial charge in [-0.1, -0.05) is 18.2 Å². The Kier molecular flexibility index (Phi) is 4.37. The van der Waals surface area contributed by atoms with E-state index in [4.69, 9.17) is 5.26 Å². The number of benzene rings is 2. The Balaban J connectivity index is 1.83. The molecule has 23 heavy (non-hydrogen) atoms. The van der Waals surface area contributed by atoms with Crippen molar-refractivity contribution in [3.63, 3.8) is 0 Å². The number of rotatable bonds is 3. The van der Waals surface area contributed by atoms with E-state index in [0.717, 1.165) is 11.1 Å². The van der Waals surface area contributed by atoms with Gasteiger partial charge in [-0.15, -0.1) is 0 Å². The molecule has 2 atom stereocenters. The zero-order valence-corrected chi connectivity index (χ0v) is 12.4. The van der Waals surface area contributed by atoms with Gasteiger partial charge in [-0.3, -0.25) is 4.90 Å². The van der Waals surface area contributed by atoms with Crippen LogP contribution in [-0.4, -0.2) is 22.7 Å². The highest BCUT2D eigenvalue weighted by Crippen LogP contribution is 2.33. The molecule has 0 saturated carbocycles. The summed E-state index contributed by atoms with van der Waals surface area (Å²) in [7, 11) is 0. The molecule has 1 heterocycles. The standard InChI is InChI=1S/C18H16F2N2O/c19-15-4-2-13(3-5-15)18-8-16(23)11-22(18)10-12-1-6-17(20)14(7-12)9-21/h1-7,16,18,23H,8,10-11H2/t16-,18+/m0/s1. The molecule has 1 N–H and O–H groups in total. The molecule has 3 rings (SSSR count). The molecular formula is C18H16F2N2O. The van der Waals surface area contributed by atoms with Crippen LogP contribution in [0.15, 0.2) is 42.5 Å². The van der Waals surface area contributed by atoms with Crippen molar-refractivity contribution in [2.45, 2.75) is 25.1 Å². The van der Waals surface area contributed by atoms with E-state index in [9.17, 15) is 13.9 Å². The van der Waals surface area contributed by atoms with Gasteiger partial charge in [-0.2, -0.15) is 5.26 Å². The number of hydrogen-bond acceptors (Lipinski definition) is 3. The lowest BCUT2D eigenvalue weighted by atomic mass is 10.0. The predicted molar refractivity (Wildman–Crippen MR) is 81.3 cm³/mol. The van der Waals surface area contributed by atoms with Crippen molar-refractivity contribution < 1.29 is 13.9 Å². The number of nitrogens with zero attached hydrogens (tertiary/aromatic N) is 2. The third-order valence-corrected chi connectivity index (χ3v) is 4.17. The van der Waals surface area contributed by atoms with Gasteiger partial charge in [0.2, 0.25) is 0 Å². The number of likely N-dealkylation sites (tertiary alicyclic amines) is 1. The summed E-state index contributed by atoms with van der Waals surface area (Å²) < 4.78 is 26.5. The molecule has 0 unspecified atom stereocenters. The van der Waals surface area contributed by atoms with Gasteiger partial charge in [0, 0.05) is 19.1 Å². The van der Waals surface area contributed by atoms with E-state index in [1.54, 1.807) is 18.2 Å². The largest absolute Gasteiger partial charge is 0.392 e. The van der Waals surface area contributed by atoms with Gasteiger partial charge in [0.25, 0.3) is 0 Å². The summed E-state index contributed by atoms with van der Waals surface area (Å²) in [6.45, 7) is 0.982. The van der Waals surface area contributed by atoms with E-state index in [1.807, 2.05) is 6.07 Å². The van der Waals surface area contributed by atoms with Crippen LogP contribution in [0.3, 0.4) is 0 Å². The summed E-state index contributed by atoms with van der Waals surface area (Å²) in [5.41, 5.74) is 1.76. The summed E-state index contributed by atoms with van der Waals surface area (Å²) in [6.07, 6.45) is 0.110. The Morgan fingerprint density at radius 2 is 1.91 bits per heavy atom. The first-order chi connectivity index (χ1) is 11.1. The van der Waals surface area contributed by atoms with Crippen molar-refractivity contribution in [1.82, 2.24) is 4.90 Å². The van der Waals surface area contributed by atoms with E-state index in [0.29, 0.717) is 19.5 Å². The number of aliphatic hydroxyl groups excluding tert-OH is 1. The van der Waals surface area contributed by atoms with Gasteiger partial charge in [-0.25, -0.2) is 8.78 Å². The molecule has 0 amide bonds. The first-order valence-electron chi connectivity index (χ1n) is 7.43. The van der Waals surface area contributed by atoms with Crippen molar-refractivity contribution in [1.29, 1.82) is 5.26 Å². The fourth-order valence-electron chi connectivity index (χ4n) is 3.08. The molecule has 0 radical (unpaired) electrons. The van der Waals surface area contributed by atoms with E-state index in [1.165, 1.54) is 24.3 Å². The number of β-amino-alcohol motifs (C(OH)–C–C–N with tert-alkyl or cyclic N) is 1. The Labute approximate surface area is 133 Å². The van der Waals surface area contributed by atoms with Crippen LogP contribution < -0.4 is 0 Å². The van der Waals surface area contributed by atoms with Crippen LogP contribution in [0.1, 0.15) is 29.2 Å². The summed E-state index contributed by atoms with van der Waals surface area (Å²) >= 11 is 0. The normalized spacial score (nSPS) is 21.3. The maximum Gasteiger partial charge on any atom is 0.140 e. The molecular weight excluding hydrogens is 298 g/mol. The third kappa shape index (κ3) is 3.39. The minimum absolute atomic E-state index is 0.0144. The average Bonchev–Trinajstić information content (AvgIpc) is 2.90. The highest BCUT2D eigenvalue weighted by molar-refractivity contribution is 5.34. The molecule has 1 fully saturated rings. The smallest absolute Gasteiger partial charge is 0.140 e. The molecule has 1 aliphatic heterocycles. The molecule has 2 aromatic rings. The van der Waals surface area contributed by atoms with E-state index < -0.39 is 11.9 Å². The molecule has 2 aromatic carbocycles. The molecule has 3 nitrogen and oxygen atoms in total. The number of hydrogen-bond donors (Lipinski definition) is 1. The van der Waals surface area contributed by atoms with Crippen LogP contribution in [0.5, 0.6) is 0 Å². The van der Waals surface area contributed by atoms with Gasteiger partial charge < -0.3 is 5.11 Å². The molecule has 5 heteroatoms. The molecule has 0 aliphatic carbocycles. The lowest BCUT2D eigenvalue weighted by molar-refractivity contribution is 0.172. The van der Waals surface area contributed by atoms with E-state index in [-0.39, 0.29) is 17.4 Å². The minimum Gasteiger partial charge on any atom is -0.392 e. The van der Waals surface area contributed by atoms with Crippen molar-refractivity contribution in [3.05, 3.63) is 70.8 Å². The van der Waals surface area contributed by atoms with Crippen molar-refractivity contribution in [2.24, 2.45) is 0 Å². The number of halogens is 2. The third-order valence-electron chi connectivity index (χ3n) is 4.17. The first-order valence-corrected chi connectivity index (χ1v) is 7.43. The highest BCUT2D eigenvalue weighted by Gasteiger charge is 2.32. The van der Waals surface area contributed by atoms with Gasteiger partial charge in [0.1, 0.15) is 17.7 Å². The minimum atomic E-state index is -0.534. The summed E-state index contributed by atoms with van der Waals surface area (Å²) in [5.74, 6) is -0.830. The SMILES string of the molecule is N#Cc1cc(CN2C[C@@H](O)C[C@@H]2c2ccc(F)cc2)ccc1F. The Morgan fingerprint density at radius 3 is 2.61 bits per heavy atom. The van der Waals surface area contributed by atoms with E-state index >= 15 is 0 Å². The Bertz CT molecular complexity index is 740. The van der Waals surface area contributed by atoms with Gasteiger partial charge >= 0.3 is 0 Å². The van der Waals surface area contributed by atoms with Crippen LogP contribution in [0.25, 0.3) is 0 Å². The van der Waals surface area contributed by atoms with Crippen molar-refractivity contribution in [3.8, 4) is 6.07 Å². The van der Waals surface area contributed by atoms with E-state index in [2.05, 4.69) is 4.90 Å². The number of aliphatic hydroxyl groups is 1. The zero-order valence-electron chi connectivity index (χ0n) is 12.4. The van der Waals surface area contributed by atoms with Crippen LogP contribution in [0.4, 0.5) is 8.78 Å². The molecule has 1 aliphatic rings. The lowest BCUT2D eigenvalue weighted by Gasteiger charge is -2.24. The summed E-state index contributed by atoms with van der Waals surface area (Å²) in [5, 5.41) is 18.9. The van der Waals surface area contributed by atoms with Crippen LogP contribution in [0.2, 0.25) is 0 Å². The average molecular weight is 314 g/mol. The summed E-state index contributed by atoms with van der Waals surface area (Å²) in [4.78, 5) is 2.06. The topological polar surface area (TPSA) is 47.3 Å². The highest BCUT2D eigenvalue weighted by atomic mass is 19.1. The van der Waals surface area contributed by atoms with Crippen LogP contribution in [0, 0.1) is 23.0 Å². The predicted octanol–water partition coefficient (Wildman–Crippen LogP) is 3.14. The zero-order chi connectivity index (χ0) is 16.4. The first kappa shape index (κ1) is 15.6. The molecule has 0 spiro atoms. The fourth-order valence-corrected chi connectivity index (χ4v) is 3.08. The van der Waals surface area contributed by atoms with Crippen molar-refractivity contribution >= 4 is 0 Å². The Hall–Kier alpha value is -2.29. The second-order valence-corrected chi connectivity index (χ2v) is 5.81. The van der Waals surface area contributed by atoms with Gasteiger partial charge in [-0.05, 0) is 41.8 Å². The molecule has 0 bridgehead atoms. The molecule has 0 aromatic heterocycles. The molecule has 118 valence electrons. The van der Waals surface area contributed by atoms with Crippen LogP contribution >= 0.6 is 0 Å². The van der Waals surface area contributed by atoms with Crippen LogP contribution in [-0.2, 0) is 6.54 Å². The Morgan fingerprint density at radius 1 is 1.17 bits per heavy atom. The summed E-state index contributed by atoms with van der Waals surface area (Å²) in [6, 6.07) is 12.5. The quantitative estimate of drug-likeness (QED) is 0.947. The maximum atomic E-state index is 13.4. The maximum absolute atomic E-state index is 13.4. The van der Waals surface area contributed by atoms with Gasteiger partial charge in [0.05, 0.1) is 11.7 Å². The molecule has 1 saturated heterocycles. The second kappa shape index (κ2) is 6.45. The van der Waals surface area contributed by atoms with Crippen molar-refractivity contribution in [2.75, 3.05) is 6.54 Å².